The van der Waals surface area contributed by atoms with E-state index < -0.39 is 11.4 Å². The van der Waals surface area contributed by atoms with E-state index in [4.69, 9.17) is 16.2 Å². The fourth-order valence-corrected chi connectivity index (χ4v) is 2.54. The lowest BCUT2D eigenvalue weighted by molar-refractivity contribution is -0.125. The molecule has 1 unspecified atom stereocenters. The number of aryl methyl sites for hydroxylation is 1. The quantitative estimate of drug-likeness (QED) is 0.873. The van der Waals surface area contributed by atoms with E-state index in [9.17, 15) is 4.79 Å². The lowest BCUT2D eigenvalue weighted by atomic mass is 9.85. The normalized spacial score (nSPS) is 18.1. The molecule has 4 N–H and O–H groups in total. The Kier molecular flexibility index (Phi) is 4.02. The number of ether oxygens (including phenoxy) is 1. The van der Waals surface area contributed by atoms with Crippen molar-refractivity contribution in [3.63, 3.8) is 0 Å². The van der Waals surface area contributed by atoms with E-state index in [1.54, 1.807) is 0 Å². The number of benzene rings is 1. The van der Waals surface area contributed by atoms with Gasteiger partial charge in [-0.3, -0.25) is 4.79 Å². The van der Waals surface area contributed by atoms with Gasteiger partial charge in [0.25, 0.3) is 0 Å². The highest BCUT2D eigenvalue weighted by molar-refractivity contribution is 5.85. The Labute approximate surface area is 126 Å². The predicted molar refractivity (Wildman–Crippen MR) is 84.2 cm³/mol. The molecule has 0 aliphatic heterocycles. The van der Waals surface area contributed by atoms with E-state index in [0.717, 1.165) is 24.2 Å². The fourth-order valence-electron chi connectivity index (χ4n) is 2.54. The molecule has 4 heteroatoms. The van der Waals surface area contributed by atoms with E-state index in [-0.39, 0.29) is 17.9 Å². The van der Waals surface area contributed by atoms with Crippen LogP contribution in [-0.4, -0.2) is 18.1 Å². The molecule has 0 radical (unpaired) electrons. The van der Waals surface area contributed by atoms with Gasteiger partial charge >= 0.3 is 0 Å². The summed E-state index contributed by atoms with van der Waals surface area (Å²) in [5, 5.41) is 0. The van der Waals surface area contributed by atoms with Gasteiger partial charge in [-0.05, 0) is 42.7 Å². The zero-order chi connectivity index (χ0) is 15.8. The summed E-state index contributed by atoms with van der Waals surface area (Å²) >= 11 is 0. The maximum atomic E-state index is 11.7. The predicted octanol–water partition coefficient (Wildman–Crippen LogP) is 2.26. The molecule has 0 aromatic heterocycles. The van der Waals surface area contributed by atoms with Crippen molar-refractivity contribution in [3.05, 3.63) is 29.3 Å². The summed E-state index contributed by atoms with van der Waals surface area (Å²) in [6.45, 7) is 8.61. The average molecular weight is 290 g/mol. The van der Waals surface area contributed by atoms with Crippen LogP contribution in [0.1, 0.15) is 44.7 Å². The largest absolute Gasteiger partial charge is 0.491 e. The minimum absolute atomic E-state index is 0.0368. The van der Waals surface area contributed by atoms with Crippen molar-refractivity contribution in [2.75, 3.05) is 6.61 Å². The summed E-state index contributed by atoms with van der Waals surface area (Å²) in [4.78, 5) is 11.7. The molecule has 0 bridgehead atoms. The second kappa shape index (κ2) is 5.34. The first-order valence-electron chi connectivity index (χ1n) is 7.47. The third-order valence-electron chi connectivity index (χ3n) is 4.17. The maximum absolute atomic E-state index is 11.7. The minimum atomic E-state index is -1.06. The number of amides is 1. The first-order chi connectivity index (χ1) is 9.64. The molecule has 0 heterocycles. The fraction of sp³-hybridized carbons (Fsp3) is 0.588. The number of primary amides is 1. The van der Waals surface area contributed by atoms with E-state index in [2.05, 4.69) is 33.8 Å². The van der Waals surface area contributed by atoms with Crippen molar-refractivity contribution in [1.82, 2.24) is 0 Å². The van der Waals surface area contributed by atoms with Gasteiger partial charge < -0.3 is 16.2 Å². The molecule has 1 aliphatic rings. The van der Waals surface area contributed by atoms with E-state index in [1.165, 1.54) is 5.56 Å². The van der Waals surface area contributed by atoms with Crippen LogP contribution < -0.4 is 16.2 Å². The Morgan fingerprint density at radius 1 is 1.33 bits per heavy atom. The van der Waals surface area contributed by atoms with E-state index >= 15 is 0 Å². The third-order valence-corrected chi connectivity index (χ3v) is 4.17. The third kappa shape index (κ3) is 3.38. The highest BCUT2D eigenvalue weighted by atomic mass is 16.5. The van der Waals surface area contributed by atoms with Crippen LogP contribution >= 0.6 is 0 Å². The van der Waals surface area contributed by atoms with Crippen LogP contribution in [0.5, 0.6) is 5.75 Å². The molecule has 2 rings (SSSR count). The van der Waals surface area contributed by atoms with E-state index in [1.807, 2.05) is 12.1 Å². The number of carbonyl (C=O) groups is 1. The van der Waals surface area contributed by atoms with Gasteiger partial charge in [0.1, 0.15) is 17.9 Å². The monoisotopic (exact) mass is 290 g/mol. The molecule has 1 aromatic carbocycles. The van der Waals surface area contributed by atoms with Gasteiger partial charge in [-0.2, -0.15) is 0 Å². The molecule has 1 fully saturated rings. The summed E-state index contributed by atoms with van der Waals surface area (Å²) in [7, 11) is 0. The molecular weight excluding hydrogens is 264 g/mol. The number of rotatable bonds is 5. The van der Waals surface area contributed by atoms with Gasteiger partial charge in [0.05, 0.1) is 0 Å². The first kappa shape index (κ1) is 15.8. The van der Waals surface area contributed by atoms with Crippen molar-refractivity contribution >= 4 is 5.91 Å². The highest BCUT2D eigenvalue weighted by Crippen LogP contribution is 2.39. The number of carbonyl (C=O) groups excluding carboxylic acids is 1. The summed E-state index contributed by atoms with van der Waals surface area (Å²) in [6, 6.07) is 6.07. The molecule has 1 aliphatic carbocycles. The lowest BCUT2D eigenvalue weighted by Gasteiger charge is -2.28. The molecule has 116 valence electrons. The van der Waals surface area contributed by atoms with E-state index in [0.29, 0.717) is 0 Å². The molecule has 1 saturated carbocycles. The van der Waals surface area contributed by atoms with Crippen LogP contribution in [0.15, 0.2) is 18.2 Å². The molecule has 21 heavy (non-hydrogen) atoms. The van der Waals surface area contributed by atoms with Gasteiger partial charge in [0, 0.05) is 0 Å². The van der Waals surface area contributed by atoms with Gasteiger partial charge in [-0.15, -0.1) is 0 Å². The summed E-state index contributed by atoms with van der Waals surface area (Å²) in [6.07, 6.45) is 1.89. The van der Waals surface area contributed by atoms with Crippen molar-refractivity contribution in [1.29, 1.82) is 0 Å². The van der Waals surface area contributed by atoms with Crippen LogP contribution in [0.2, 0.25) is 0 Å². The Balaban J connectivity index is 2.22. The summed E-state index contributed by atoms with van der Waals surface area (Å²) < 4.78 is 5.92. The maximum Gasteiger partial charge on any atom is 0.241 e. The molecule has 1 atom stereocenters. The summed E-state index contributed by atoms with van der Waals surface area (Å²) in [5.74, 6) is 0.456. The Hall–Kier alpha value is -1.55. The molecule has 4 nitrogen and oxygen atoms in total. The highest BCUT2D eigenvalue weighted by Gasteiger charge is 2.47. The topological polar surface area (TPSA) is 78.3 Å². The lowest BCUT2D eigenvalue weighted by Crippen LogP contribution is -2.58. The average Bonchev–Trinajstić information content (AvgIpc) is 3.20. The Morgan fingerprint density at radius 3 is 2.43 bits per heavy atom. The van der Waals surface area contributed by atoms with Crippen molar-refractivity contribution in [2.45, 2.75) is 51.5 Å². The Bertz CT molecular complexity index is 544. The smallest absolute Gasteiger partial charge is 0.241 e. The molecular formula is C17H26N2O2. The number of hydrogen-bond acceptors (Lipinski definition) is 3. The van der Waals surface area contributed by atoms with Crippen molar-refractivity contribution in [2.24, 2.45) is 17.4 Å². The minimum Gasteiger partial charge on any atom is -0.491 e. The van der Waals surface area contributed by atoms with Crippen LogP contribution in [-0.2, 0) is 10.2 Å². The number of nitrogens with two attached hydrogens (primary N) is 2. The van der Waals surface area contributed by atoms with Crippen molar-refractivity contribution < 1.29 is 9.53 Å². The second-order valence-electron chi connectivity index (χ2n) is 7.22. The SMILES string of the molecule is Cc1ccc(OCC(N)(C(N)=O)C2CC2)c(C(C)(C)C)c1. The second-order valence-corrected chi connectivity index (χ2v) is 7.22. The van der Waals surface area contributed by atoms with Crippen molar-refractivity contribution in [3.8, 4) is 5.75 Å². The molecule has 1 aromatic rings. The molecule has 0 saturated heterocycles. The van der Waals surface area contributed by atoms with Crippen LogP contribution in [0.25, 0.3) is 0 Å². The van der Waals surface area contributed by atoms with Gasteiger partial charge in [0.2, 0.25) is 5.91 Å². The molecule has 1 amide bonds. The first-order valence-corrected chi connectivity index (χ1v) is 7.47. The summed E-state index contributed by atoms with van der Waals surface area (Å²) in [5.41, 5.74) is 12.9. The van der Waals surface area contributed by atoms with Crippen LogP contribution in [0, 0.1) is 12.8 Å². The van der Waals surface area contributed by atoms with Crippen LogP contribution in [0.4, 0.5) is 0 Å². The zero-order valence-electron chi connectivity index (χ0n) is 13.4. The molecule has 0 spiro atoms. The van der Waals surface area contributed by atoms with Gasteiger partial charge in [-0.1, -0.05) is 38.5 Å². The van der Waals surface area contributed by atoms with Gasteiger partial charge in [0.15, 0.2) is 0 Å². The zero-order valence-corrected chi connectivity index (χ0v) is 13.4. The van der Waals surface area contributed by atoms with Crippen LogP contribution in [0.3, 0.4) is 0 Å². The Morgan fingerprint density at radius 2 is 1.95 bits per heavy atom. The number of hydrogen-bond donors (Lipinski definition) is 2. The standard InChI is InChI=1S/C17H26N2O2/c1-11-5-8-14(13(9-11)16(2,3)4)21-10-17(19,15(18)20)12-6-7-12/h5,8-9,12H,6-7,10,19H2,1-4H3,(H2,18,20). The van der Waals surface area contributed by atoms with Gasteiger partial charge in [-0.25, -0.2) is 0 Å².